The van der Waals surface area contributed by atoms with Crippen LogP contribution in [0.1, 0.15) is 11.1 Å². The van der Waals surface area contributed by atoms with E-state index < -0.39 is 0 Å². The van der Waals surface area contributed by atoms with Crippen molar-refractivity contribution in [2.45, 2.75) is 20.2 Å². The molecule has 3 rings (SSSR count). The van der Waals surface area contributed by atoms with Crippen LogP contribution in [0.5, 0.6) is 0 Å². The van der Waals surface area contributed by atoms with E-state index in [2.05, 4.69) is 55.3 Å². The van der Waals surface area contributed by atoms with E-state index in [1.807, 2.05) is 0 Å². The number of benzene rings is 1. The monoisotopic (exact) mass is 484 g/mol. The molecule has 8 nitrogen and oxygen atoms in total. The van der Waals surface area contributed by atoms with Crippen molar-refractivity contribution in [2.24, 2.45) is 0 Å². The molecule has 30 heavy (non-hydrogen) atoms. The van der Waals surface area contributed by atoms with Gasteiger partial charge in [-0.15, -0.1) is 20.4 Å². The maximum Gasteiger partial charge on any atom is 0.206 e. The molecular formula is C18H24N6O2S4. The number of aromatic nitrogens is 4. The van der Waals surface area contributed by atoms with E-state index in [0.717, 1.165) is 43.5 Å². The zero-order valence-corrected chi connectivity index (χ0v) is 20.1. The Morgan fingerprint density at radius 2 is 1.30 bits per heavy atom. The molecule has 0 saturated carbocycles. The van der Waals surface area contributed by atoms with Crippen molar-refractivity contribution in [1.82, 2.24) is 20.4 Å². The first kappa shape index (κ1) is 23.2. The third-order valence-corrected chi connectivity index (χ3v) is 7.86. The molecule has 0 aliphatic heterocycles. The summed E-state index contributed by atoms with van der Waals surface area (Å²) in [5, 5.41) is 24.9. The number of ether oxygens (including phenoxy) is 2. The van der Waals surface area contributed by atoms with E-state index in [0.29, 0.717) is 13.2 Å². The Kier molecular flexibility index (Phi) is 10.1. The Hall–Kier alpha value is -1.44. The van der Waals surface area contributed by atoms with Gasteiger partial charge in [0.1, 0.15) is 0 Å². The van der Waals surface area contributed by atoms with Crippen LogP contribution in [0.25, 0.3) is 0 Å². The van der Waals surface area contributed by atoms with Gasteiger partial charge >= 0.3 is 0 Å². The first-order chi connectivity index (χ1) is 14.8. The van der Waals surface area contributed by atoms with E-state index in [1.165, 1.54) is 11.1 Å². The predicted octanol–water partition coefficient (Wildman–Crippen LogP) is 4.09. The molecule has 1 aromatic carbocycles. The molecule has 0 amide bonds. The smallest absolute Gasteiger partial charge is 0.206 e. The standard InChI is InChI=1S/C18H24N6O2S4/c1-25-8-6-19-15-21-23-17(29-15)27-11-13-4-3-5-14(10-13)12-28-18-24-22-16(30-18)20-7-9-26-2/h3-5,10H,6-9,11-12H2,1-2H3,(H,19,21)(H,20,22). The Bertz CT molecular complexity index is 823. The summed E-state index contributed by atoms with van der Waals surface area (Å²) in [6, 6.07) is 8.62. The molecule has 0 saturated heterocycles. The van der Waals surface area contributed by atoms with Crippen LogP contribution in [-0.4, -0.2) is 60.9 Å². The van der Waals surface area contributed by atoms with E-state index in [-0.39, 0.29) is 0 Å². The summed E-state index contributed by atoms with van der Waals surface area (Å²) in [6.45, 7) is 2.76. The minimum atomic E-state index is 0.648. The van der Waals surface area contributed by atoms with Gasteiger partial charge < -0.3 is 20.1 Å². The van der Waals surface area contributed by atoms with Gasteiger partial charge in [0.05, 0.1) is 13.2 Å². The summed E-state index contributed by atoms with van der Waals surface area (Å²) >= 11 is 6.53. The number of nitrogens with zero attached hydrogens (tertiary/aromatic N) is 4. The fourth-order valence-corrected chi connectivity index (χ4v) is 5.74. The van der Waals surface area contributed by atoms with Crippen LogP contribution in [0.15, 0.2) is 32.9 Å². The number of rotatable bonds is 14. The Morgan fingerprint density at radius 1 is 0.800 bits per heavy atom. The minimum Gasteiger partial charge on any atom is -0.383 e. The lowest BCUT2D eigenvalue weighted by Crippen LogP contribution is -2.06. The van der Waals surface area contributed by atoms with Crippen molar-refractivity contribution in [3.05, 3.63) is 35.4 Å². The number of nitrogens with one attached hydrogen (secondary N) is 2. The van der Waals surface area contributed by atoms with Crippen LogP contribution in [0, 0.1) is 0 Å². The summed E-state index contributed by atoms with van der Waals surface area (Å²) in [5.74, 6) is 1.72. The number of hydrogen-bond acceptors (Lipinski definition) is 12. The second kappa shape index (κ2) is 13.1. The molecule has 0 atom stereocenters. The molecular weight excluding hydrogens is 461 g/mol. The quantitative estimate of drug-likeness (QED) is 0.257. The van der Waals surface area contributed by atoms with E-state index in [4.69, 9.17) is 9.47 Å². The minimum absolute atomic E-state index is 0.648. The molecule has 0 aliphatic carbocycles. The summed E-state index contributed by atoms with van der Waals surface area (Å²) in [6.07, 6.45) is 0. The normalized spacial score (nSPS) is 11.0. The SMILES string of the molecule is COCCNc1nnc(SCc2cccc(CSc3nnc(NCCOC)s3)c2)s1. The highest BCUT2D eigenvalue weighted by molar-refractivity contribution is 8.00. The van der Waals surface area contributed by atoms with E-state index in [1.54, 1.807) is 60.4 Å². The van der Waals surface area contributed by atoms with Gasteiger partial charge in [0.25, 0.3) is 0 Å². The number of methoxy groups -OCH3 is 2. The lowest BCUT2D eigenvalue weighted by atomic mass is 10.2. The van der Waals surface area contributed by atoms with Gasteiger partial charge in [-0.3, -0.25) is 0 Å². The van der Waals surface area contributed by atoms with Gasteiger partial charge in [0, 0.05) is 38.8 Å². The second-order valence-corrected chi connectivity index (χ2v) is 10.4. The highest BCUT2D eigenvalue weighted by atomic mass is 32.2. The number of hydrogen-bond donors (Lipinski definition) is 2. The van der Waals surface area contributed by atoms with Crippen molar-refractivity contribution in [3.63, 3.8) is 0 Å². The average Bonchev–Trinajstić information content (AvgIpc) is 3.41. The number of thioether (sulfide) groups is 2. The van der Waals surface area contributed by atoms with Crippen LogP contribution in [0.3, 0.4) is 0 Å². The molecule has 0 spiro atoms. The highest BCUT2D eigenvalue weighted by Crippen LogP contribution is 2.30. The van der Waals surface area contributed by atoms with Gasteiger partial charge in [0.15, 0.2) is 8.68 Å². The lowest BCUT2D eigenvalue weighted by Gasteiger charge is -2.03. The zero-order valence-electron chi connectivity index (χ0n) is 16.8. The molecule has 12 heteroatoms. The molecule has 0 radical (unpaired) electrons. The summed E-state index contributed by atoms with van der Waals surface area (Å²) in [5.41, 5.74) is 2.53. The van der Waals surface area contributed by atoms with Crippen molar-refractivity contribution < 1.29 is 9.47 Å². The molecule has 0 unspecified atom stereocenters. The molecule has 2 heterocycles. The summed E-state index contributed by atoms with van der Waals surface area (Å²) in [7, 11) is 3.37. The van der Waals surface area contributed by atoms with Gasteiger partial charge in [-0.2, -0.15) is 0 Å². The molecule has 2 aromatic heterocycles. The van der Waals surface area contributed by atoms with Crippen LogP contribution < -0.4 is 10.6 Å². The average molecular weight is 485 g/mol. The maximum absolute atomic E-state index is 5.03. The van der Waals surface area contributed by atoms with Gasteiger partial charge in [-0.25, -0.2) is 0 Å². The predicted molar refractivity (Wildman–Crippen MR) is 126 cm³/mol. The fraction of sp³-hybridized carbons (Fsp3) is 0.444. The van der Waals surface area contributed by atoms with Crippen molar-refractivity contribution in [2.75, 3.05) is 51.2 Å². The second-order valence-electron chi connectivity index (χ2n) is 5.98. The van der Waals surface area contributed by atoms with Crippen molar-refractivity contribution >= 4 is 56.5 Å². The van der Waals surface area contributed by atoms with Gasteiger partial charge in [-0.1, -0.05) is 70.5 Å². The molecule has 0 fully saturated rings. The maximum atomic E-state index is 5.03. The third kappa shape index (κ3) is 8.00. The van der Waals surface area contributed by atoms with Gasteiger partial charge in [0.2, 0.25) is 10.3 Å². The molecule has 162 valence electrons. The third-order valence-electron chi connectivity index (χ3n) is 3.69. The zero-order chi connectivity index (χ0) is 21.0. The van der Waals surface area contributed by atoms with Crippen molar-refractivity contribution in [1.29, 1.82) is 0 Å². The lowest BCUT2D eigenvalue weighted by molar-refractivity contribution is 0.210. The molecule has 3 aromatic rings. The fourth-order valence-electron chi connectivity index (χ4n) is 2.30. The summed E-state index contributed by atoms with van der Waals surface area (Å²) < 4.78 is 12.0. The Morgan fingerprint density at radius 3 is 1.77 bits per heavy atom. The molecule has 0 aliphatic rings. The first-order valence-electron chi connectivity index (χ1n) is 9.23. The van der Waals surface area contributed by atoms with E-state index >= 15 is 0 Å². The van der Waals surface area contributed by atoms with Crippen LogP contribution in [-0.2, 0) is 21.0 Å². The topological polar surface area (TPSA) is 94.1 Å². The highest BCUT2D eigenvalue weighted by Gasteiger charge is 2.07. The first-order valence-corrected chi connectivity index (χ1v) is 12.8. The number of anilines is 2. The van der Waals surface area contributed by atoms with Crippen LogP contribution in [0.2, 0.25) is 0 Å². The molecule has 0 bridgehead atoms. The largest absolute Gasteiger partial charge is 0.383 e. The molecule has 2 N–H and O–H groups in total. The van der Waals surface area contributed by atoms with Gasteiger partial charge in [-0.05, 0) is 11.1 Å². The Labute approximate surface area is 192 Å². The van der Waals surface area contributed by atoms with Crippen molar-refractivity contribution in [3.8, 4) is 0 Å². The Balaban J connectivity index is 1.44. The van der Waals surface area contributed by atoms with Crippen LogP contribution >= 0.6 is 46.2 Å². The summed E-state index contributed by atoms with van der Waals surface area (Å²) in [4.78, 5) is 0. The van der Waals surface area contributed by atoms with Crippen LogP contribution in [0.4, 0.5) is 10.3 Å². The van der Waals surface area contributed by atoms with E-state index in [9.17, 15) is 0 Å².